The van der Waals surface area contributed by atoms with Gasteiger partial charge in [-0.15, -0.1) is 0 Å². The molecule has 0 saturated heterocycles. The molecule has 3 nitrogen and oxygen atoms in total. The minimum atomic E-state index is -0.127. The van der Waals surface area contributed by atoms with E-state index in [0.29, 0.717) is 21.8 Å². The molecule has 1 aromatic heterocycles. The van der Waals surface area contributed by atoms with Crippen LogP contribution in [-0.4, -0.2) is 16.9 Å². The van der Waals surface area contributed by atoms with E-state index < -0.39 is 0 Å². The van der Waals surface area contributed by atoms with Crippen molar-refractivity contribution >= 4 is 29.1 Å². The van der Waals surface area contributed by atoms with Crippen molar-refractivity contribution in [2.75, 3.05) is 0 Å². The van der Waals surface area contributed by atoms with Crippen LogP contribution in [0.1, 0.15) is 43.1 Å². The van der Waals surface area contributed by atoms with Gasteiger partial charge in [-0.2, -0.15) is 0 Å². The maximum atomic E-state index is 12.0. The van der Waals surface area contributed by atoms with E-state index >= 15 is 0 Å². The third kappa shape index (κ3) is 2.96. The quantitative estimate of drug-likeness (QED) is 0.850. The summed E-state index contributed by atoms with van der Waals surface area (Å²) in [6, 6.07) is 1.82. The van der Waals surface area contributed by atoms with Gasteiger partial charge in [-0.25, -0.2) is 0 Å². The van der Waals surface area contributed by atoms with E-state index in [1.165, 1.54) is 19.3 Å². The topological polar surface area (TPSA) is 44.9 Å². The highest BCUT2D eigenvalue weighted by molar-refractivity contribution is 6.41. The summed E-state index contributed by atoms with van der Waals surface area (Å²) in [6.45, 7) is 2.18. The molecule has 0 bridgehead atoms. The summed E-state index contributed by atoms with van der Waals surface area (Å²) < 4.78 is 0. The van der Waals surface area contributed by atoms with Gasteiger partial charge in [-0.1, -0.05) is 43.0 Å². The number of amides is 1. The lowest BCUT2D eigenvalue weighted by atomic mass is 9.86. The first-order chi connectivity index (χ1) is 8.08. The zero-order chi connectivity index (χ0) is 12.4. The molecule has 0 aromatic carbocycles. The van der Waals surface area contributed by atoms with Crippen molar-refractivity contribution in [3.05, 3.63) is 21.9 Å². The van der Waals surface area contributed by atoms with E-state index in [9.17, 15) is 4.79 Å². The number of hydrogen-bond acceptors (Lipinski definition) is 1. The molecule has 0 spiro atoms. The zero-order valence-electron chi connectivity index (χ0n) is 9.72. The maximum absolute atomic E-state index is 12.0. The molecule has 1 fully saturated rings. The molecule has 0 aliphatic heterocycles. The van der Waals surface area contributed by atoms with E-state index in [1.807, 2.05) is 0 Å². The highest BCUT2D eigenvalue weighted by atomic mass is 35.5. The molecule has 94 valence electrons. The largest absolute Gasteiger partial charge is 0.348 e. The highest BCUT2D eigenvalue weighted by Crippen LogP contribution is 2.25. The average Bonchev–Trinajstić information content (AvgIpc) is 2.63. The van der Waals surface area contributed by atoms with Gasteiger partial charge in [0.1, 0.15) is 10.8 Å². The normalized spacial score (nSPS) is 24.6. The van der Waals surface area contributed by atoms with Crippen molar-refractivity contribution in [3.63, 3.8) is 0 Å². The first-order valence-corrected chi connectivity index (χ1v) is 6.68. The van der Waals surface area contributed by atoms with Crippen LogP contribution in [0.5, 0.6) is 0 Å². The smallest absolute Gasteiger partial charge is 0.268 e. The van der Waals surface area contributed by atoms with Crippen LogP contribution in [-0.2, 0) is 0 Å². The van der Waals surface area contributed by atoms with Gasteiger partial charge in [0.25, 0.3) is 5.91 Å². The number of nitrogens with one attached hydrogen (secondary N) is 2. The first kappa shape index (κ1) is 12.8. The molecule has 0 radical (unpaired) electrons. The Kier molecular flexibility index (Phi) is 4.00. The lowest BCUT2D eigenvalue weighted by molar-refractivity contribution is 0.0906. The molecule has 1 heterocycles. The molecule has 1 aliphatic carbocycles. The van der Waals surface area contributed by atoms with Gasteiger partial charge in [-0.05, 0) is 24.8 Å². The molecule has 2 rings (SSSR count). The number of aromatic nitrogens is 1. The molecule has 5 heteroatoms. The number of rotatable bonds is 2. The van der Waals surface area contributed by atoms with Crippen molar-refractivity contribution in [2.45, 2.75) is 38.6 Å². The van der Waals surface area contributed by atoms with E-state index in [1.54, 1.807) is 6.07 Å². The summed E-state index contributed by atoms with van der Waals surface area (Å²) in [5.41, 5.74) is 0.428. The minimum Gasteiger partial charge on any atom is -0.348 e. The Morgan fingerprint density at radius 3 is 2.71 bits per heavy atom. The highest BCUT2D eigenvalue weighted by Gasteiger charge is 2.24. The summed E-state index contributed by atoms with van der Waals surface area (Å²) in [6.07, 6.45) is 4.67. The van der Waals surface area contributed by atoms with Crippen molar-refractivity contribution in [1.82, 2.24) is 10.3 Å². The standard InChI is InChI=1S/C12H16Cl2N2O/c1-7-4-2-3-5-9(7)16-12(17)10-6-8(13)11(14)15-10/h6-7,9,15H,2-5H2,1H3,(H,16,17)/t7-,9+/m1/s1. The van der Waals surface area contributed by atoms with Crippen molar-refractivity contribution in [1.29, 1.82) is 0 Å². The van der Waals surface area contributed by atoms with Crippen LogP contribution < -0.4 is 5.32 Å². The van der Waals surface area contributed by atoms with Gasteiger partial charge in [0, 0.05) is 6.04 Å². The molecule has 1 saturated carbocycles. The van der Waals surface area contributed by atoms with Crippen LogP contribution in [0.25, 0.3) is 0 Å². The number of carbonyl (C=O) groups is 1. The Morgan fingerprint density at radius 1 is 1.41 bits per heavy atom. The van der Waals surface area contributed by atoms with Crippen LogP contribution in [0.15, 0.2) is 6.07 Å². The second-order valence-electron chi connectivity index (χ2n) is 4.69. The van der Waals surface area contributed by atoms with Crippen LogP contribution in [0.4, 0.5) is 0 Å². The number of halogens is 2. The minimum absolute atomic E-state index is 0.127. The van der Waals surface area contributed by atoms with Gasteiger partial charge >= 0.3 is 0 Å². The SMILES string of the molecule is C[C@@H]1CCCC[C@@H]1NC(=O)c1cc(Cl)c(Cl)[nH]1. The Balaban J connectivity index is 2.01. The van der Waals surface area contributed by atoms with Crippen LogP contribution in [0.3, 0.4) is 0 Å². The lowest BCUT2D eigenvalue weighted by Gasteiger charge is -2.29. The molecule has 2 atom stereocenters. The molecular weight excluding hydrogens is 259 g/mol. The van der Waals surface area contributed by atoms with Gasteiger partial charge < -0.3 is 10.3 Å². The summed E-state index contributed by atoms with van der Waals surface area (Å²) in [5.74, 6) is 0.408. The molecular formula is C12H16Cl2N2O. The Morgan fingerprint density at radius 2 is 2.12 bits per heavy atom. The molecule has 1 amide bonds. The van der Waals surface area contributed by atoms with Gasteiger partial charge in [0.15, 0.2) is 0 Å². The van der Waals surface area contributed by atoms with Crippen LogP contribution >= 0.6 is 23.2 Å². The predicted molar refractivity (Wildman–Crippen MR) is 69.7 cm³/mol. The molecule has 17 heavy (non-hydrogen) atoms. The monoisotopic (exact) mass is 274 g/mol. The van der Waals surface area contributed by atoms with E-state index in [2.05, 4.69) is 17.2 Å². The molecule has 1 aliphatic rings. The van der Waals surface area contributed by atoms with E-state index in [0.717, 1.165) is 6.42 Å². The predicted octanol–water partition coefficient (Wildman–Crippen LogP) is 3.63. The van der Waals surface area contributed by atoms with Gasteiger partial charge in [0.05, 0.1) is 5.02 Å². The number of hydrogen-bond donors (Lipinski definition) is 2. The zero-order valence-corrected chi connectivity index (χ0v) is 11.2. The fraction of sp³-hybridized carbons (Fsp3) is 0.583. The molecule has 1 aromatic rings. The van der Waals surface area contributed by atoms with Crippen LogP contribution in [0, 0.1) is 5.92 Å². The van der Waals surface area contributed by atoms with Gasteiger partial charge in [-0.3, -0.25) is 4.79 Å². The second-order valence-corrected chi connectivity index (χ2v) is 5.47. The first-order valence-electron chi connectivity index (χ1n) is 5.93. The third-order valence-corrected chi connectivity index (χ3v) is 4.09. The van der Waals surface area contributed by atoms with E-state index in [4.69, 9.17) is 23.2 Å². The average molecular weight is 275 g/mol. The van der Waals surface area contributed by atoms with Crippen molar-refractivity contribution in [3.8, 4) is 0 Å². The number of carbonyl (C=O) groups excluding carboxylic acids is 1. The second kappa shape index (κ2) is 5.32. The van der Waals surface area contributed by atoms with Crippen molar-refractivity contribution < 1.29 is 4.79 Å². The van der Waals surface area contributed by atoms with Crippen LogP contribution in [0.2, 0.25) is 10.2 Å². The number of aromatic amines is 1. The Bertz CT molecular complexity index is 397. The fourth-order valence-electron chi connectivity index (χ4n) is 2.30. The molecule has 0 unspecified atom stereocenters. The summed E-state index contributed by atoms with van der Waals surface area (Å²) in [5, 5.41) is 3.73. The third-order valence-electron chi connectivity index (χ3n) is 3.40. The van der Waals surface area contributed by atoms with Crippen molar-refractivity contribution in [2.24, 2.45) is 5.92 Å². The summed E-state index contributed by atoms with van der Waals surface area (Å²) >= 11 is 11.6. The maximum Gasteiger partial charge on any atom is 0.268 e. The van der Waals surface area contributed by atoms with E-state index in [-0.39, 0.29) is 11.9 Å². The Hall–Kier alpha value is -0.670. The fourth-order valence-corrected chi connectivity index (χ4v) is 2.62. The summed E-state index contributed by atoms with van der Waals surface area (Å²) in [4.78, 5) is 14.7. The number of H-pyrrole nitrogens is 1. The molecule has 2 N–H and O–H groups in total. The Labute approximate surface area is 111 Å². The summed E-state index contributed by atoms with van der Waals surface area (Å²) in [7, 11) is 0. The lowest BCUT2D eigenvalue weighted by Crippen LogP contribution is -2.41. The van der Waals surface area contributed by atoms with Gasteiger partial charge in [0.2, 0.25) is 0 Å².